The van der Waals surface area contributed by atoms with Crippen LogP contribution in [0.2, 0.25) is 0 Å². The number of benzene rings is 1. The molecule has 0 aliphatic carbocycles. The number of nitrogens with two attached hydrogens (primary N) is 1. The first-order valence-electron chi connectivity index (χ1n) is 6.44. The van der Waals surface area contributed by atoms with Gasteiger partial charge in [-0.1, -0.05) is 22.9 Å². The van der Waals surface area contributed by atoms with Crippen molar-refractivity contribution in [1.29, 1.82) is 0 Å². The Morgan fingerprint density at radius 2 is 1.95 bits per heavy atom. The number of nitrogen functional groups attached to an aromatic ring is 1. The Bertz CT molecular complexity index is 435. The molecular weight excluding hydrogens is 306 g/mol. The van der Waals surface area contributed by atoms with E-state index in [4.69, 9.17) is 5.73 Å². The van der Waals surface area contributed by atoms with E-state index < -0.39 is 0 Å². The van der Waals surface area contributed by atoms with E-state index in [-0.39, 0.29) is 5.91 Å². The van der Waals surface area contributed by atoms with Gasteiger partial charge in [0.25, 0.3) is 5.91 Å². The van der Waals surface area contributed by atoms with Crippen molar-refractivity contribution in [2.45, 2.75) is 13.3 Å². The van der Waals surface area contributed by atoms with Crippen molar-refractivity contribution in [3.05, 3.63) is 28.2 Å². The minimum Gasteiger partial charge on any atom is -0.398 e. The van der Waals surface area contributed by atoms with E-state index in [0.717, 1.165) is 24.0 Å². The van der Waals surface area contributed by atoms with Gasteiger partial charge >= 0.3 is 0 Å². The highest BCUT2D eigenvalue weighted by Gasteiger charge is 2.17. The summed E-state index contributed by atoms with van der Waals surface area (Å²) in [5, 5.41) is 0. The number of hydrogen-bond acceptors (Lipinski definition) is 3. The van der Waals surface area contributed by atoms with Gasteiger partial charge in [0.15, 0.2) is 0 Å². The zero-order chi connectivity index (χ0) is 14.4. The summed E-state index contributed by atoms with van der Waals surface area (Å²) in [5.74, 6) is 0.00231. The van der Waals surface area contributed by atoms with Crippen LogP contribution in [0.5, 0.6) is 0 Å². The van der Waals surface area contributed by atoms with E-state index in [1.807, 2.05) is 25.1 Å². The number of likely N-dealkylation sites (N-methyl/N-ethyl adjacent to an activating group) is 1. The van der Waals surface area contributed by atoms with Gasteiger partial charge in [-0.3, -0.25) is 4.79 Å². The minimum absolute atomic E-state index is 0.00231. The van der Waals surface area contributed by atoms with E-state index in [9.17, 15) is 4.79 Å². The molecule has 5 heteroatoms. The molecule has 4 nitrogen and oxygen atoms in total. The van der Waals surface area contributed by atoms with Gasteiger partial charge in [0.1, 0.15) is 0 Å². The van der Waals surface area contributed by atoms with Crippen LogP contribution in [0.3, 0.4) is 0 Å². The van der Waals surface area contributed by atoms with Gasteiger partial charge in [0.2, 0.25) is 0 Å². The number of rotatable bonds is 6. The lowest BCUT2D eigenvalue weighted by molar-refractivity contribution is 0.0746. The maximum Gasteiger partial charge on any atom is 0.256 e. The standard InChI is InChI=1S/C14H22BrN3O/c1-4-7-18(9-8-17(2)3)14(19)12-10-11(15)5-6-13(12)16/h5-6,10H,4,7-9,16H2,1-3H3. The van der Waals surface area contributed by atoms with Crippen LogP contribution in [0.1, 0.15) is 23.7 Å². The summed E-state index contributed by atoms with van der Waals surface area (Å²) in [4.78, 5) is 16.5. The number of amides is 1. The highest BCUT2D eigenvalue weighted by Crippen LogP contribution is 2.20. The predicted molar refractivity (Wildman–Crippen MR) is 83.3 cm³/mol. The number of carbonyl (C=O) groups is 1. The summed E-state index contributed by atoms with van der Waals surface area (Å²) in [6, 6.07) is 5.39. The van der Waals surface area contributed by atoms with Crippen LogP contribution in [0, 0.1) is 0 Å². The lowest BCUT2D eigenvalue weighted by Crippen LogP contribution is -2.37. The monoisotopic (exact) mass is 327 g/mol. The molecule has 0 radical (unpaired) electrons. The molecule has 1 amide bonds. The van der Waals surface area contributed by atoms with E-state index in [1.165, 1.54) is 0 Å². The maximum absolute atomic E-state index is 12.5. The molecule has 1 rings (SSSR count). The largest absolute Gasteiger partial charge is 0.398 e. The van der Waals surface area contributed by atoms with Crippen LogP contribution in [0.25, 0.3) is 0 Å². The molecule has 0 spiro atoms. The van der Waals surface area contributed by atoms with Crippen LogP contribution < -0.4 is 5.73 Å². The molecular formula is C14H22BrN3O. The average molecular weight is 328 g/mol. The third-order valence-electron chi connectivity index (χ3n) is 2.84. The molecule has 0 bridgehead atoms. The Labute approximate surface area is 123 Å². The molecule has 19 heavy (non-hydrogen) atoms. The first-order valence-corrected chi connectivity index (χ1v) is 7.24. The van der Waals surface area contributed by atoms with Gasteiger partial charge in [-0.2, -0.15) is 0 Å². The van der Waals surface area contributed by atoms with Gasteiger partial charge < -0.3 is 15.5 Å². The van der Waals surface area contributed by atoms with Crippen LogP contribution in [0.15, 0.2) is 22.7 Å². The molecule has 0 saturated heterocycles. The molecule has 0 aliphatic rings. The lowest BCUT2D eigenvalue weighted by atomic mass is 10.1. The van der Waals surface area contributed by atoms with Gasteiger partial charge in [-0.05, 0) is 38.7 Å². The number of anilines is 1. The normalized spacial score (nSPS) is 10.8. The molecule has 0 saturated carbocycles. The maximum atomic E-state index is 12.5. The third-order valence-corrected chi connectivity index (χ3v) is 3.34. The fourth-order valence-electron chi connectivity index (χ4n) is 1.79. The topological polar surface area (TPSA) is 49.6 Å². The molecule has 1 aromatic carbocycles. The van der Waals surface area contributed by atoms with Gasteiger partial charge in [-0.25, -0.2) is 0 Å². The molecule has 0 atom stereocenters. The van der Waals surface area contributed by atoms with Gasteiger partial charge in [0.05, 0.1) is 5.56 Å². The smallest absolute Gasteiger partial charge is 0.256 e. The number of carbonyl (C=O) groups excluding carboxylic acids is 1. The average Bonchev–Trinajstić information content (AvgIpc) is 2.36. The summed E-state index contributed by atoms with van der Waals surface area (Å²) in [7, 11) is 4.00. The Kier molecular flexibility index (Phi) is 6.31. The van der Waals surface area contributed by atoms with Crippen molar-refractivity contribution in [3.63, 3.8) is 0 Å². The van der Waals surface area contributed by atoms with Crippen molar-refractivity contribution in [3.8, 4) is 0 Å². The molecule has 0 fully saturated rings. The van der Waals surface area contributed by atoms with Crippen LogP contribution in [-0.2, 0) is 0 Å². The van der Waals surface area contributed by atoms with Crippen molar-refractivity contribution in [2.24, 2.45) is 0 Å². The quantitative estimate of drug-likeness (QED) is 0.816. The summed E-state index contributed by atoms with van der Waals surface area (Å²) in [6.45, 7) is 4.38. The Morgan fingerprint density at radius 1 is 1.26 bits per heavy atom. The summed E-state index contributed by atoms with van der Waals surface area (Å²) in [6.07, 6.45) is 0.938. The van der Waals surface area contributed by atoms with Crippen LogP contribution in [0.4, 0.5) is 5.69 Å². The molecule has 0 heterocycles. The van der Waals surface area contributed by atoms with E-state index in [2.05, 4.69) is 27.8 Å². The predicted octanol–water partition coefficient (Wildman–Crippen LogP) is 2.45. The molecule has 106 valence electrons. The summed E-state index contributed by atoms with van der Waals surface area (Å²) in [5.41, 5.74) is 7.00. The van der Waals surface area contributed by atoms with E-state index >= 15 is 0 Å². The van der Waals surface area contributed by atoms with Crippen molar-refractivity contribution < 1.29 is 4.79 Å². The SMILES string of the molecule is CCCN(CCN(C)C)C(=O)c1cc(Br)ccc1N. The second-order valence-corrected chi connectivity index (χ2v) is 5.74. The Hall–Kier alpha value is -1.07. The summed E-state index contributed by atoms with van der Waals surface area (Å²) < 4.78 is 0.870. The molecule has 0 unspecified atom stereocenters. The first kappa shape index (κ1) is 16.0. The van der Waals surface area contributed by atoms with Crippen LogP contribution >= 0.6 is 15.9 Å². The molecule has 1 aromatic rings. The van der Waals surface area contributed by atoms with Gasteiger partial charge in [0, 0.05) is 29.8 Å². The fourth-order valence-corrected chi connectivity index (χ4v) is 2.15. The molecule has 0 aromatic heterocycles. The van der Waals surface area contributed by atoms with E-state index in [1.54, 1.807) is 12.1 Å². The number of nitrogens with zero attached hydrogens (tertiary/aromatic N) is 2. The van der Waals surface area contributed by atoms with E-state index in [0.29, 0.717) is 17.8 Å². The van der Waals surface area contributed by atoms with Crippen molar-refractivity contribution in [2.75, 3.05) is 39.5 Å². The lowest BCUT2D eigenvalue weighted by Gasteiger charge is -2.24. The Morgan fingerprint density at radius 3 is 2.53 bits per heavy atom. The highest BCUT2D eigenvalue weighted by atomic mass is 79.9. The Balaban J connectivity index is 2.88. The molecule has 0 aliphatic heterocycles. The molecule has 2 N–H and O–H groups in total. The zero-order valence-electron chi connectivity index (χ0n) is 11.8. The minimum atomic E-state index is 0.00231. The number of halogens is 1. The first-order chi connectivity index (χ1) is 8.95. The van der Waals surface area contributed by atoms with Crippen LogP contribution in [-0.4, -0.2) is 49.4 Å². The summed E-state index contributed by atoms with van der Waals surface area (Å²) >= 11 is 3.38. The second kappa shape index (κ2) is 7.50. The van der Waals surface area contributed by atoms with Crippen molar-refractivity contribution in [1.82, 2.24) is 9.80 Å². The highest BCUT2D eigenvalue weighted by molar-refractivity contribution is 9.10. The van der Waals surface area contributed by atoms with Gasteiger partial charge in [-0.15, -0.1) is 0 Å². The second-order valence-electron chi connectivity index (χ2n) is 4.83. The fraction of sp³-hybridized carbons (Fsp3) is 0.500. The van der Waals surface area contributed by atoms with Crippen molar-refractivity contribution >= 4 is 27.5 Å². The third kappa shape index (κ3) is 4.84. The number of hydrogen-bond donors (Lipinski definition) is 1. The zero-order valence-corrected chi connectivity index (χ0v) is 13.4.